The number of piperidine rings is 1. The molecule has 118 valence electrons. The number of nitrogens with zero attached hydrogens (tertiary/aromatic N) is 3. The maximum atomic E-state index is 11.0. The summed E-state index contributed by atoms with van der Waals surface area (Å²) in [7, 11) is 3.66. The summed E-state index contributed by atoms with van der Waals surface area (Å²) in [5, 5.41) is 11.0. The fourth-order valence-electron chi connectivity index (χ4n) is 3.15. The lowest BCUT2D eigenvalue weighted by Crippen LogP contribution is -2.42. The summed E-state index contributed by atoms with van der Waals surface area (Å²) >= 11 is 0. The van der Waals surface area contributed by atoms with E-state index in [-0.39, 0.29) is 0 Å². The summed E-state index contributed by atoms with van der Waals surface area (Å²) in [5.41, 5.74) is 1.30. The molecule has 0 amide bonds. The predicted molar refractivity (Wildman–Crippen MR) is 84.6 cm³/mol. The standard InChI is InChI=1S/C17H23N3O2/c1-19-13-18-11-14(19)12-20-9-7-17(21,8-10-20)15-5-3-4-6-16(15)22-2/h3-6,11,13,21H,7-10,12H2,1-2H3. The molecule has 1 N–H and O–H groups in total. The van der Waals surface area contributed by atoms with Crippen molar-refractivity contribution in [3.8, 4) is 5.75 Å². The van der Waals surface area contributed by atoms with Crippen molar-refractivity contribution in [3.63, 3.8) is 0 Å². The van der Waals surface area contributed by atoms with Crippen LogP contribution in [-0.2, 0) is 19.2 Å². The van der Waals surface area contributed by atoms with Gasteiger partial charge in [0, 0.05) is 38.4 Å². The number of benzene rings is 1. The number of para-hydroxylation sites is 1. The number of hydrogen-bond donors (Lipinski definition) is 1. The normalized spacial score (nSPS) is 18.3. The van der Waals surface area contributed by atoms with Gasteiger partial charge in [-0.15, -0.1) is 0 Å². The number of hydrogen-bond acceptors (Lipinski definition) is 4. The molecule has 0 spiro atoms. The van der Waals surface area contributed by atoms with Gasteiger partial charge < -0.3 is 14.4 Å². The van der Waals surface area contributed by atoms with Crippen LogP contribution < -0.4 is 4.74 Å². The first-order chi connectivity index (χ1) is 10.6. The third-order valence-corrected chi connectivity index (χ3v) is 4.59. The molecule has 0 bridgehead atoms. The minimum absolute atomic E-state index is 0.714. The number of methoxy groups -OCH3 is 1. The number of imidazole rings is 1. The Morgan fingerprint density at radius 3 is 2.64 bits per heavy atom. The van der Waals surface area contributed by atoms with Crippen molar-refractivity contribution in [2.45, 2.75) is 25.0 Å². The van der Waals surface area contributed by atoms with Gasteiger partial charge in [0.15, 0.2) is 0 Å². The Kier molecular flexibility index (Phi) is 4.18. The minimum Gasteiger partial charge on any atom is -0.496 e. The molecule has 0 aliphatic carbocycles. The summed E-state index contributed by atoms with van der Waals surface area (Å²) in [6.45, 7) is 2.60. The van der Waals surface area contributed by atoms with Crippen molar-refractivity contribution in [2.75, 3.05) is 20.2 Å². The van der Waals surface area contributed by atoms with Crippen LogP contribution in [0.15, 0.2) is 36.8 Å². The summed E-state index contributed by atoms with van der Waals surface area (Å²) in [4.78, 5) is 6.52. The van der Waals surface area contributed by atoms with Crippen LogP contribution in [0.3, 0.4) is 0 Å². The molecule has 0 radical (unpaired) electrons. The van der Waals surface area contributed by atoms with Crippen LogP contribution in [0.4, 0.5) is 0 Å². The maximum absolute atomic E-state index is 11.0. The van der Waals surface area contributed by atoms with Gasteiger partial charge in [-0.25, -0.2) is 4.98 Å². The predicted octanol–water partition coefficient (Wildman–Crippen LogP) is 1.91. The van der Waals surface area contributed by atoms with Crippen molar-refractivity contribution in [3.05, 3.63) is 48.0 Å². The van der Waals surface area contributed by atoms with Gasteiger partial charge in [-0.2, -0.15) is 0 Å². The van der Waals surface area contributed by atoms with E-state index >= 15 is 0 Å². The third kappa shape index (κ3) is 2.87. The average Bonchev–Trinajstić information content (AvgIpc) is 2.95. The highest BCUT2D eigenvalue weighted by atomic mass is 16.5. The van der Waals surface area contributed by atoms with Crippen LogP contribution in [0.25, 0.3) is 0 Å². The first-order valence-corrected chi connectivity index (χ1v) is 7.66. The number of ether oxygens (including phenoxy) is 1. The largest absolute Gasteiger partial charge is 0.496 e. The van der Waals surface area contributed by atoms with Crippen molar-refractivity contribution in [2.24, 2.45) is 7.05 Å². The van der Waals surface area contributed by atoms with Gasteiger partial charge in [0.2, 0.25) is 0 Å². The number of aryl methyl sites for hydroxylation is 1. The van der Waals surface area contributed by atoms with E-state index in [1.54, 1.807) is 7.11 Å². The van der Waals surface area contributed by atoms with Gasteiger partial charge in [-0.1, -0.05) is 18.2 Å². The molecule has 1 aromatic carbocycles. The molecule has 2 aromatic rings. The molecule has 1 aliphatic rings. The van der Waals surface area contributed by atoms with Crippen molar-refractivity contribution in [1.29, 1.82) is 0 Å². The molecule has 1 saturated heterocycles. The Bertz CT molecular complexity index is 630. The summed E-state index contributed by atoms with van der Waals surface area (Å²) in [5.74, 6) is 0.769. The van der Waals surface area contributed by atoms with E-state index in [1.807, 2.05) is 48.4 Å². The third-order valence-electron chi connectivity index (χ3n) is 4.59. The zero-order valence-electron chi connectivity index (χ0n) is 13.2. The van der Waals surface area contributed by atoms with E-state index < -0.39 is 5.60 Å². The van der Waals surface area contributed by atoms with Gasteiger partial charge in [-0.3, -0.25) is 4.90 Å². The van der Waals surface area contributed by atoms with Gasteiger partial charge in [0.05, 0.1) is 24.7 Å². The highest BCUT2D eigenvalue weighted by molar-refractivity contribution is 5.38. The molecule has 1 aromatic heterocycles. The van der Waals surface area contributed by atoms with Crippen molar-refractivity contribution >= 4 is 0 Å². The molecule has 5 nitrogen and oxygen atoms in total. The molecule has 2 heterocycles. The SMILES string of the molecule is COc1ccccc1C1(O)CCN(Cc2cncn2C)CC1. The Labute approximate surface area is 131 Å². The zero-order valence-corrected chi connectivity index (χ0v) is 13.2. The summed E-state index contributed by atoms with van der Waals surface area (Å²) in [6.07, 6.45) is 5.15. The Balaban J connectivity index is 1.69. The van der Waals surface area contributed by atoms with Gasteiger partial charge in [0.1, 0.15) is 5.75 Å². The molecule has 0 saturated carbocycles. The van der Waals surface area contributed by atoms with Gasteiger partial charge in [0.25, 0.3) is 0 Å². The second-order valence-electron chi connectivity index (χ2n) is 6.00. The topological polar surface area (TPSA) is 50.5 Å². The first kappa shape index (κ1) is 15.1. The molecular formula is C17H23N3O2. The quantitative estimate of drug-likeness (QED) is 0.937. The van der Waals surface area contributed by atoms with E-state index in [9.17, 15) is 5.11 Å². The fourth-order valence-corrected chi connectivity index (χ4v) is 3.15. The van der Waals surface area contributed by atoms with Crippen LogP contribution in [0.2, 0.25) is 0 Å². The molecular weight excluding hydrogens is 278 g/mol. The average molecular weight is 301 g/mol. The lowest BCUT2D eigenvalue weighted by atomic mass is 9.84. The van der Waals surface area contributed by atoms with E-state index in [4.69, 9.17) is 4.74 Å². The van der Waals surface area contributed by atoms with Crippen LogP contribution >= 0.6 is 0 Å². The molecule has 0 unspecified atom stereocenters. The Morgan fingerprint density at radius 1 is 1.27 bits per heavy atom. The minimum atomic E-state index is -0.796. The monoisotopic (exact) mass is 301 g/mol. The number of likely N-dealkylation sites (tertiary alicyclic amines) is 1. The zero-order chi connectivity index (χ0) is 15.6. The molecule has 0 atom stereocenters. The van der Waals surface area contributed by atoms with Crippen molar-refractivity contribution in [1.82, 2.24) is 14.5 Å². The van der Waals surface area contributed by atoms with E-state index in [0.717, 1.165) is 30.9 Å². The second-order valence-corrected chi connectivity index (χ2v) is 6.00. The molecule has 5 heteroatoms. The van der Waals surface area contributed by atoms with Gasteiger partial charge in [-0.05, 0) is 18.9 Å². The first-order valence-electron chi connectivity index (χ1n) is 7.66. The van der Waals surface area contributed by atoms with Crippen LogP contribution in [0.5, 0.6) is 5.75 Å². The Morgan fingerprint density at radius 2 is 2.00 bits per heavy atom. The fraction of sp³-hybridized carbons (Fsp3) is 0.471. The molecule has 1 fully saturated rings. The van der Waals surface area contributed by atoms with Crippen LogP contribution in [0.1, 0.15) is 24.1 Å². The van der Waals surface area contributed by atoms with Crippen LogP contribution in [-0.4, -0.2) is 39.8 Å². The van der Waals surface area contributed by atoms with Crippen LogP contribution in [0, 0.1) is 0 Å². The van der Waals surface area contributed by atoms with Gasteiger partial charge >= 0.3 is 0 Å². The smallest absolute Gasteiger partial charge is 0.124 e. The summed E-state index contributed by atoms with van der Waals surface area (Å²) in [6, 6.07) is 7.77. The highest BCUT2D eigenvalue weighted by Gasteiger charge is 2.36. The molecule has 22 heavy (non-hydrogen) atoms. The summed E-state index contributed by atoms with van der Waals surface area (Å²) < 4.78 is 7.45. The Hall–Kier alpha value is -1.85. The number of rotatable bonds is 4. The lowest BCUT2D eigenvalue weighted by molar-refractivity contribution is -0.0296. The number of aromatic nitrogens is 2. The second kappa shape index (κ2) is 6.10. The maximum Gasteiger partial charge on any atom is 0.124 e. The highest BCUT2D eigenvalue weighted by Crippen LogP contribution is 2.38. The lowest BCUT2D eigenvalue weighted by Gasteiger charge is -2.39. The molecule has 1 aliphatic heterocycles. The van der Waals surface area contributed by atoms with Crippen molar-refractivity contribution < 1.29 is 9.84 Å². The van der Waals surface area contributed by atoms with E-state index in [2.05, 4.69) is 9.88 Å². The number of aliphatic hydroxyl groups is 1. The van der Waals surface area contributed by atoms with E-state index in [1.165, 1.54) is 5.69 Å². The molecule has 3 rings (SSSR count). The van der Waals surface area contributed by atoms with E-state index in [0.29, 0.717) is 12.8 Å².